The normalized spacial score (nSPS) is 10.9. The molecule has 3 heterocycles. The summed E-state index contributed by atoms with van der Waals surface area (Å²) in [7, 11) is 0. The summed E-state index contributed by atoms with van der Waals surface area (Å²) in [6.07, 6.45) is 4.90. The van der Waals surface area contributed by atoms with Crippen molar-refractivity contribution in [3.63, 3.8) is 0 Å². The number of nitrogens with two attached hydrogens (primary N) is 1. The Morgan fingerprint density at radius 2 is 1.91 bits per heavy atom. The number of pyridine rings is 2. The topological polar surface area (TPSA) is 119 Å². The summed E-state index contributed by atoms with van der Waals surface area (Å²) in [5.74, 6) is -0.622. The lowest BCUT2D eigenvalue weighted by molar-refractivity contribution is 0.102. The van der Waals surface area contributed by atoms with Crippen molar-refractivity contribution in [2.45, 2.75) is 6.54 Å². The molecule has 4 N–H and O–H groups in total. The van der Waals surface area contributed by atoms with Gasteiger partial charge in [0.25, 0.3) is 5.91 Å². The number of aromatic amines is 1. The molecular formula is C25H19FN6O2. The molecule has 8 nitrogen and oxygen atoms in total. The molecule has 3 aromatic heterocycles. The molecule has 0 aliphatic heterocycles. The summed E-state index contributed by atoms with van der Waals surface area (Å²) < 4.78 is 19.2. The molecule has 0 aliphatic rings. The summed E-state index contributed by atoms with van der Waals surface area (Å²) >= 11 is 0. The molecule has 0 saturated carbocycles. The van der Waals surface area contributed by atoms with E-state index in [1.807, 2.05) is 24.3 Å². The zero-order chi connectivity index (χ0) is 23.5. The SMILES string of the molecule is NCc1cncc(-c2ccc3[nH]nc(C(=O)Nc4ccc(Oc5ccccc5F)nc4)c3c2)c1. The van der Waals surface area contributed by atoms with Crippen molar-refractivity contribution in [1.82, 2.24) is 20.2 Å². The van der Waals surface area contributed by atoms with E-state index >= 15 is 0 Å². The quantitative estimate of drug-likeness (QED) is 0.343. The van der Waals surface area contributed by atoms with Crippen LogP contribution in [0.25, 0.3) is 22.0 Å². The number of carbonyl (C=O) groups is 1. The van der Waals surface area contributed by atoms with Crippen molar-refractivity contribution in [2.75, 3.05) is 5.32 Å². The summed E-state index contributed by atoms with van der Waals surface area (Å²) in [6, 6.07) is 16.8. The lowest BCUT2D eigenvalue weighted by Crippen LogP contribution is -2.13. The average molecular weight is 454 g/mol. The van der Waals surface area contributed by atoms with Gasteiger partial charge in [-0.2, -0.15) is 5.10 Å². The van der Waals surface area contributed by atoms with E-state index in [9.17, 15) is 9.18 Å². The predicted octanol–water partition coefficient (Wildman–Crippen LogP) is 4.66. The number of nitrogens with zero attached hydrogens (tertiary/aromatic N) is 3. The molecule has 0 atom stereocenters. The fraction of sp³-hybridized carbons (Fsp3) is 0.0400. The molecule has 0 aliphatic carbocycles. The second-order valence-electron chi connectivity index (χ2n) is 7.49. The molecule has 0 spiro atoms. The van der Waals surface area contributed by atoms with Crippen LogP contribution in [0.5, 0.6) is 11.6 Å². The number of fused-ring (bicyclic) bond motifs is 1. The Bertz CT molecular complexity index is 1480. The number of H-pyrrole nitrogens is 1. The first-order chi connectivity index (χ1) is 16.6. The number of anilines is 1. The maximum absolute atomic E-state index is 13.8. The van der Waals surface area contributed by atoms with Crippen LogP contribution in [-0.2, 0) is 6.54 Å². The van der Waals surface area contributed by atoms with Gasteiger partial charge in [0.2, 0.25) is 5.88 Å². The van der Waals surface area contributed by atoms with Crippen LogP contribution >= 0.6 is 0 Å². The van der Waals surface area contributed by atoms with Crippen LogP contribution < -0.4 is 15.8 Å². The molecule has 9 heteroatoms. The highest BCUT2D eigenvalue weighted by atomic mass is 19.1. The van der Waals surface area contributed by atoms with E-state index in [1.165, 1.54) is 18.3 Å². The second kappa shape index (κ2) is 9.08. The molecule has 0 radical (unpaired) electrons. The highest BCUT2D eigenvalue weighted by Crippen LogP contribution is 2.27. The Balaban J connectivity index is 1.35. The molecule has 5 rings (SSSR count). The maximum atomic E-state index is 13.8. The summed E-state index contributed by atoms with van der Waals surface area (Å²) in [4.78, 5) is 21.3. The van der Waals surface area contributed by atoms with Crippen LogP contribution in [0.2, 0.25) is 0 Å². The van der Waals surface area contributed by atoms with Gasteiger partial charge in [-0.25, -0.2) is 9.37 Å². The zero-order valence-corrected chi connectivity index (χ0v) is 17.8. The van der Waals surface area contributed by atoms with Gasteiger partial charge in [0.05, 0.1) is 17.4 Å². The van der Waals surface area contributed by atoms with E-state index in [4.69, 9.17) is 10.5 Å². The molecule has 0 bridgehead atoms. The van der Waals surface area contributed by atoms with Gasteiger partial charge in [-0.15, -0.1) is 0 Å². The molecule has 0 fully saturated rings. The average Bonchev–Trinajstić information content (AvgIpc) is 3.30. The molecule has 34 heavy (non-hydrogen) atoms. The number of ether oxygens (including phenoxy) is 1. The number of rotatable bonds is 6. The standard InChI is InChI=1S/C25H19FN6O2/c26-20-3-1-2-4-22(20)34-23-8-6-18(14-29-23)30-25(33)24-19-10-16(5-7-21(19)31-32-24)17-9-15(11-27)12-28-13-17/h1-10,12-14H,11,27H2,(H,30,33)(H,31,32). The third-order valence-electron chi connectivity index (χ3n) is 5.19. The fourth-order valence-corrected chi connectivity index (χ4v) is 3.47. The summed E-state index contributed by atoms with van der Waals surface area (Å²) in [5.41, 5.74) is 9.84. The van der Waals surface area contributed by atoms with E-state index in [2.05, 4.69) is 25.5 Å². The maximum Gasteiger partial charge on any atom is 0.276 e. The minimum Gasteiger partial charge on any atom is -0.436 e. The Morgan fingerprint density at radius 3 is 2.71 bits per heavy atom. The second-order valence-corrected chi connectivity index (χ2v) is 7.49. The van der Waals surface area contributed by atoms with Crippen molar-refractivity contribution in [3.05, 3.63) is 96.3 Å². The molecule has 0 saturated heterocycles. The number of benzene rings is 2. The lowest BCUT2D eigenvalue weighted by atomic mass is 10.0. The Morgan fingerprint density at radius 1 is 1.03 bits per heavy atom. The van der Waals surface area contributed by atoms with Gasteiger partial charge < -0.3 is 15.8 Å². The minimum atomic E-state index is -0.489. The number of amides is 1. The van der Waals surface area contributed by atoms with Crippen molar-refractivity contribution in [3.8, 4) is 22.8 Å². The number of hydrogen-bond acceptors (Lipinski definition) is 6. The van der Waals surface area contributed by atoms with Crippen LogP contribution in [0.1, 0.15) is 16.1 Å². The van der Waals surface area contributed by atoms with Crippen LogP contribution in [0.15, 0.2) is 79.3 Å². The van der Waals surface area contributed by atoms with Gasteiger partial charge >= 0.3 is 0 Å². The van der Waals surface area contributed by atoms with E-state index in [1.54, 1.807) is 36.7 Å². The molecule has 0 unspecified atom stereocenters. The lowest BCUT2D eigenvalue weighted by Gasteiger charge is -2.07. The number of aromatic nitrogens is 4. The van der Waals surface area contributed by atoms with Gasteiger partial charge in [0, 0.05) is 36.0 Å². The molecule has 2 aromatic carbocycles. The third kappa shape index (κ3) is 4.32. The van der Waals surface area contributed by atoms with Gasteiger partial charge in [-0.3, -0.25) is 14.9 Å². The van der Waals surface area contributed by atoms with E-state index in [0.29, 0.717) is 17.6 Å². The minimum absolute atomic E-state index is 0.0674. The van der Waals surface area contributed by atoms with Crippen LogP contribution in [0, 0.1) is 5.82 Å². The Hall–Kier alpha value is -4.63. The first-order valence-corrected chi connectivity index (χ1v) is 10.4. The highest BCUT2D eigenvalue weighted by Gasteiger charge is 2.16. The summed E-state index contributed by atoms with van der Waals surface area (Å²) in [5, 5.41) is 10.5. The van der Waals surface area contributed by atoms with Crippen LogP contribution in [-0.4, -0.2) is 26.1 Å². The molecule has 1 amide bonds. The van der Waals surface area contributed by atoms with Crippen molar-refractivity contribution in [2.24, 2.45) is 5.73 Å². The van der Waals surface area contributed by atoms with Crippen LogP contribution in [0.3, 0.4) is 0 Å². The molecule has 168 valence electrons. The highest BCUT2D eigenvalue weighted by molar-refractivity contribution is 6.11. The third-order valence-corrected chi connectivity index (χ3v) is 5.19. The Labute approximate surface area is 193 Å². The summed E-state index contributed by atoms with van der Waals surface area (Å²) in [6.45, 7) is 0.389. The zero-order valence-electron chi connectivity index (χ0n) is 17.8. The fourth-order valence-electron chi connectivity index (χ4n) is 3.47. The van der Waals surface area contributed by atoms with E-state index in [-0.39, 0.29) is 17.3 Å². The molecule has 5 aromatic rings. The monoisotopic (exact) mass is 454 g/mol. The number of para-hydroxylation sites is 1. The number of carbonyl (C=O) groups excluding carboxylic acids is 1. The Kier molecular flexibility index (Phi) is 5.67. The van der Waals surface area contributed by atoms with Crippen molar-refractivity contribution >= 4 is 22.5 Å². The first-order valence-electron chi connectivity index (χ1n) is 10.4. The van der Waals surface area contributed by atoms with Crippen molar-refractivity contribution in [1.29, 1.82) is 0 Å². The number of hydrogen-bond donors (Lipinski definition) is 3. The largest absolute Gasteiger partial charge is 0.436 e. The van der Waals surface area contributed by atoms with Crippen molar-refractivity contribution < 1.29 is 13.9 Å². The predicted molar refractivity (Wildman–Crippen MR) is 126 cm³/mol. The number of halogens is 1. The van der Waals surface area contributed by atoms with E-state index < -0.39 is 11.7 Å². The smallest absolute Gasteiger partial charge is 0.276 e. The molecular weight excluding hydrogens is 435 g/mol. The van der Waals surface area contributed by atoms with E-state index in [0.717, 1.165) is 22.2 Å². The van der Waals surface area contributed by atoms with Crippen LogP contribution in [0.4, 0.5) is 10.1 Å². The first kappa shape index (κ1) is 21.2. The number of nitrogens with one attached hydrogen (secondary N) is 2. The van der Waals surface area contributed by atoms with Gasteiger partial charge in [-0.1, -0.05) is 18.2 Å². The van der Waals surface area contributed by atoms with Gasteiger partial charge in [0.1, 0.15) is 0 Å². The van der Waals surface area contributed by atoms with Gasteiger partial charge in [-0.05, 0) is 47.5 Å². The van der Waals surface area contributed by atoms with Gasteiger partial charge in [0.15, 0.2) is 17.3 Å².